The zero-order valence-corrected chi connectivity index (χ0v) is 12.4. The summed E-state index contributed by atoms with van der Waals surface area (Å²) in [5.41, 5.74) is 1.08. The van der Waals surface area contributed by atoms with Crippen LogP contribution in [0.1, 0.15) is 51.1 Å². The number of nitrogens with one attached hydrogen (secondary N) is 1. The molecule has 2 atom stereocenters. The smallest absolute Gasteiger partial charge is 0.245 e. The molecule has 2 fully saturated rings. The lowest BCUT2D eigenvalue weighted by atomic mass is 9.86. The van der Waals surface area contributed by atoms with E-state index in [2.05, 4.69) is 24.1 Å². The molecule has 1 saturated carbocycles. The van der Waals surface area contributed by atoms with Crippen LogP contribution >= 0.6 is 0 Å². The molecule has 3 rings (SSSR count). The number of amides is 1. The van der Waals surface area contributed by atoms with Crippen molar-refractivity contribution in [2.24, 2.45) is 5.92 Å². The first-order valence-electron chi connectivity index (χ1n) is 7.80. The van der Waals surface area contributed by atoms with Crippen LogP contribution in [0.25, 0.3) is 0 Å². The molecular weight excluding hydrogens is 248 g/mol. The Morgan fingerprint density at radius 3 is 2.35 bits per heavy atom. The van der Waals surface area contributed by atoms with Gasteiger partial charge in [-0.3, -0.25) is 10.1 Å². The van der Waals surface area contributed by atoms with Crippen molar-refractivity contribution in [1.29, 1.82) is 0 Å². The molecule has 3 nitrogen and oxygen atoms in total. The van der Waals surface area contributed by atoms with Gasteiger partial charge in [-0.15, -0.1) is 0 Å². The fourth-order valence-electron chi connectivity index (χ4n) is 3.63. The van der Waals surface area contributed by atoms with E-state index in [1.807, 2.05) is 30.3 Å². The van der Waals surface area contributed by atoms with Crippen molar-refractivity contribution in [3.8, 4) is 0 Å². The number of hydrogen-bond acceptors (Lipinski definition) is 2. The molecule has 20 heavy (non-hydrogen) atoms. The van der Waals surface area contributed by atoms with Crippen LogP contribution in [0.4, 0.5) is 0 Å². The first-order valence-corrected chi connectivity index (χ1v) is 7.80. The van der Waals surface area contributed by atoms with Gasteiger partial charge in [0, 0.05) is 6.04 Å². The Morgan fingerprint density at radius 2 is 1.70 bits per heavy atom. The summed E-state index contributed by atoms with van der Waals surface area (Å²) in [6, 6.07) is 10.3. The van der Waals surface area contributed by atoms with Crippen molar-refractivity contribution in [3.63, 3.8) is 0 Å². The molecule has 108 valence electrons. The van der Waals surface area contributed by atoms with Gasteiger partial charge in [0.2, 0.25) is 5.91 Å². The van der Waals surface area contributed by atoms with Crippen LogP contribution in [-0.4, -0.2) is 23.0 Å². The van der Waals surface area contributed by atoms with Crippen LogP contribution in [0.15, 0.2) is 30.3 Å². The van der Waals surface area contributed by atoms with E-state index in [0.29, 0.717) is 6.04 Å². The van der Waals surface area contributed by atoms with E-state index in [-0.39, 0.29) is 18.1 Å². The molecule has 2 aliphatic rings. The molecule has 1 saturated heterocycles. The third-order valence-corrected chi connectivity index (χ3v) is 4.84. The zero-order chi connectivity index (χ0) is 14.1. The minimum Gasteiger partial charge on any atom is -0.323 e. The Balaban J connectivity index is 1.75. The highest BCUT2D eigenvalue weighted by atomic mass is 16.2. The summed E-state index contributed by atoms with van der Waals surface area (Å²) in [7, 11) is 0. The SMILES string of the molecule is CC1CCC(N2C(=O)C(c3ccccc3)NC2C)CC1. The van der Waals surface area contributed by atoms with Gasteiger partial charge in [0.15, 0.2) is 0 Å². The van der Waals surface area contributed by atoms with Gasteiger partial charge in [-0.25, -0.2) is 0 Å². The van der Waals surface area contributed by atoms with E-state index in [1.54, 1.807) is 0 Å². The molecular formula is C17H24N2O. The molecule has 1 N–H and O–H groups in total. The van der Waals surface area contributed by atoms with Gasteiger partial charge in [-0.2, -0.15) is 0 Å². The standard InChI is InChI=1S/C17H24N2O/c1-12-8-10-15(11-9-12)19-13(2)18-16(17(19)20)14-6-4-3-5-7-14/h3-7,12-13,15-16,18H,8-11H2,1-2H3. The van der Waals surface area contributed by atoms with E-state index in [4.69, 9.17) is 0 Å². The van der Waals surface area contributed by atoms with Crippen molar-refractivity contribution in [3.05, 3.63) is 35.9 Å². The van der Waals surface area contributed by atoms with E-state index in [9.17, 15) is 4.79 Å². The van der Waals surface area contributed by atoms with E-state index in [1.165, 1.54) is 12.8 Å². The Hall–Kier alpha value is -1.35. The van der Waals surface area contributed by atoms with Gasteiger partial charge in [-0.1, -0.05) is 37.3 Å². The van der Waals surface area contributed by atoms with Crippen molar-refractivity contribution < 1.29 is 4.79 Å². The number of hydrogen-bond donors (Lipinski definition) is 1. The highest BCUT2D eigenvalue weighted by molar-refractivity contribution is 5.86. The van der Waals surface area contributed by atoms with Crippen LogP contribution in [0.5, 0.6) is 0 Å². The molecule has 1 aromatic carbocycles. The summed E-state index contributed by atoms with van der Waals surface area (Å²) in [5, 5.41) is 3.45. The molecule has 1 aliphatic carbocycles. The maximum Gasteiger partial charge on any atom is 0.245 e. The highest BCUT2D eigenvalue weighted by Gasteiger charge is 2.41. The number of benzene rings is 1. The lowest BCUT2D eigenvalue weighted by Gasteiger charge is -2.35. The van der Waals surface area contributed by atoms with Gasteiger partial charge in [-0.05, 0) is 44.1 Å². The normalized spacial score (nSPS) is 34.5. The van der Waals surface area contributed by atoms with Crippen LogP contribution < -0.4 is 5.32 Å². The largest absolute Gasteiger partial charge is 0.323 e. The molecule has 0 bridgehead atoms. The van der Waals surface area contributed by atoms with Crippen LogP contribution in [0.2, 0.25) is 0 Å². The predicted octanol–water partition coefficient (Wildman–Crippen LogP) is 3.08. The molecule has 1 aromatic rings. The second-order valence-corrected chi connectivity index (χ2v) is 6.35. The summed E-state index contributed by atoms with van der Waals surface area (Å²) >= 11 is 0. The lowest BCUT2D eigenvalue weighted by molar-refractivity contribution is -0.133. The maximum absolute atomic E-state index is 12.8. The first-order chi connectivity index (χ1) is 9.66. The summed E-state index contributed by atoms with van der Waals surface area (Å²) in [6.45, 7) is 4.43. The summed E-state index contributed by atoms with van der Waals surface area (Å²) in [6.07, 6.45) is 4.95. The van der Waals surface area contributed by atoms with Crippen molar-refractivity contribution in [2.75, 3.05) is 0 Å². The summed E-state index contributed by atoms with van der Waals surface area (Å²) in [5.74, 6) is 1.07. The Labute approximate surface area is 121 Å². The predicted molar refractivity (Wildman–Crippen MR) is 80.0 cm³/mol. The van der Waals surface area contributed by atoms with E-state index >= 15 is 0 Å². The molecule has 1 amide bonds. The minimum absolute atomic E-state index is 0.145. The molecule has 1 heterocycles. The average Bonchev–Trinajstić information content (AvgIpc) is 2.76. The first kappa shape index (κ1) is 13.6. The third kappa shape index (κ3) is 2.47. The molecule has 0 spiro atoms. The monoisotopic (exact) mass is 272 g/mol. The Bertz CT molecular complexity index is 465. The Kier molecular flexibility index (Phi) is 3.79. The molecule has 3 heteroatoms. The van der Waals surface area contributed by atoms with Crippen molar-refractivity contribution >= 4 is 5.91 Å². The van der Waals surface area contributed by atoms with Gasteiger partial charge in [0.1, 0.15) is 6.04 Å². The van der Waals surface area contributed by atoms with E-state index in [0.717, 1.165) is 24.3 Å². The maximum atomic E-state index is 12.8. The summed E-state index contributed by atoms with van der Waals surface area (Å²) in [4.78, 5) is 14.9. The highest BCUT2D eigenvalue weighted by Crippen LogP contribution is 2.33. The second kappa shape index (κ2) is 5.57. The van der Waals surface area contributed by atoms with Gasteiger partial charge < -0.3 is 4.90 Å². The minimum atomic E-state index is -0.162. The van der Waals surface area contributed by atoms with Crippen LogP contribution in [0, 0.1) is 5.92 Å². The zero-order valence-electron chi connectivity index (χ0n) is 12.4. The molecule has 1 aliphatic heterocycles. The summed E-state index contributed by atoms with van der Waals surface area (Å²) < 4.78 is 0. The van der Waals surface area contributed by atoms with Gasteiger partial charge in [0.25, 0.3) is 0 Å². The van der Waals surface area contributed by atoms with Crippen LogP contribution in [0.3, 0.4) is 0 Å². The second-order valence-electron chi connectivity index (χ2n) is 6.35. The average molecular weight is 272 g/mol. The molecule has 0 aromatic heterocycles. The number of rotatable bonds is 2. The fraction of sp³-hybridized carbons (Fsp3) is 0.588. The molecule has 2 unspecified atom stereocenters. The lowest BCUT2D eigenvalue weighted by Crippen LogP contribution is -2.44. The van der Waals surface area contributed by atoms with Gasteiger partial charge in [0.05, 0.1) is 6.17 Å². The van der Waals surface area contributed by atoms with E-state index < -0.39 is 0 Å². The topological polar surface area (TPSA) is 32.3 Å². The number of carbonyl (C=O) groups excluding carboxylic acids is 1. The molecule has 0 radical (unpaired) electrons. The quantitative estimate of drug-likeness (QED) is 0.897. The Morgan fingerprint density at radius 1 is 1.05 bits per heavy atom. The van der Waals surface area contributed by atoms with Crippen LogP contribution in [-0.2, 0) is 4.79 Å². The fourth-order valence-corrected chi connectivity index (χ4v) is 3.63. The third-order valence-electron chi connectivity index (χ3n) is 4.84. The van der Waals surface area contributed by atoms with Gasteiger partial charge >= 0.3 is 0 Å². The van der Waals surface area contributed by atoms with Crippen molar-refractivity contribution in [1.82, 2.24) is 10.2 Å². The number of nitrogens with zero attached hydrogens (tertiary/aromatic N) is 1. The van der Waals surface area contributed by atoms with Crippen molar-refractivity contribution in [2.45, 2.75) is 57.8 Å². The number of carbonyl (C=O) groups is 1.